The molecule has 0 amide bonds. The molecule has 0 unspecified atom stereocenters. The number of nitrogens with one attached hydrogen (secondary N) is 1. The normalized spacial score (nSPS) is 11.0. The maximum Gasteiger partial charge on any atom is 0.262 e. The van der Waals surface area contributed by atoms with Gasteiger partial charge < -0.3 is 15.2 Å². The van der Waals surface area contributed by atoms with Crippen molar-refractivity contribution in [3.8, 4) is 11.5 Å². The van der Waals surface area contributed by atoms with Crippen LogP contribution in [0.3, 0.4) is 0 Å². The first-order valence-corrected chi connectivity index (χ1v) is 7.96. The standard InChI is InChI=1S/C15H18N2O4S/c1-10-4-6-12(9-13(10)16)22(18,19)17-14-8-11(20-2)5-7-15(14)21-3/h4-9,17H,16H2,1-3H3. The third-order valence-electron chi connectivity index (χ3n) is 3.21. The van der Waals surface area contributed by atoms with Crippen LogP contribution in [-0.4, -0.2) is 22.6 Å². The summed E-state index contributed by atoms with van der Waals surface area (Å²) in [5, 5.41) is 0. The predicted octanol–water partition coefficient (Wildman–Crippen LogP) is 2.40. The monoisotopic (exact) mass is 322 g/mol. The maximum atomic E-state index is 12.5. The Bertz CT molecular complexity index is 788. The number of nitrogen functional groups attached to an aromatic ring is 1. The molecule has 0 aliphatic rings. The first-order valence-electron chi connectivity index (χ1n) is 6.48. The van der Waals surface area contributed by atoms with Gasteiger partial charge in [0.25, 0.3) is 10.0 Å². The topological polar surface area (TPSA) is 90.6 Å². The number of sulfonamides is 1. The molecule has 0 spiro atoms. The van der Waals surface area contributed by atoms with Crippen molar-refractivity contribution in [3.63, 3.8) is 0 Å². The van der Waals surface area contributed by atoms with Gasteiger partial charge in [-0.25, -0.2) is 8.42 Å². The molecule has 118 valence electrons. The van der Waals surface area contributed by atoms with E-state index in [1.165, 1.54) is 26.4 Å². The fourth-order valence-electron chi connectivity index (χ4n) is 1.88. The first kappa shape index (κ1) is 16.0. The molecule has 0 fully saturated rings. The Hall–Kier alpha value is -2.41. The molecular formula is C15H18N2O4S. The number of hydrogen-bond acceptors (Lipinski definition) is 5. The molecule has 0 bridgehead atoms. The fraction of sp³-hybridized carbons (Fsp3) is 0.200. The van der Waals surface area contributed by atoms with Crippen LogP contribution in [-0.2, 0) is 10.0 Å². The number of rotatable bonds is 5. The van der Waals surface area contributed by atoms with Gasteiger partial charge in [-0.15, -0.1) is 0 Å². The van der Waals surface area contributed by atoms with E-state index in [-0.39, 0.29) is 4.90 Å². The zero-order valence-electron chi connectivity index (χ0n) is 12.6. The molecule has 0 saturated heterocycles. The molecule has 2 aromatic carbocycles. The Labute approximate surface area is 129 Å². The van der Waals surface area contributed by atoms with E-state index in [2.05, 4.69) is 4.72 Å². The van der Waals surface area contributed by atoms with Gasteiger partial charge in [-0.3, -0.25) is 4.72 Å². The minimum atomic E-state index is -3.78. The zero-order chi connectivity index (χ0) is 16.3. The lowest BCUT2D eigenvalue weighted by atomic mass is 10.2. The van der Waals surface area contributed by atoms with Gasteiger partial charge >= 0.3 is 0 Å². The highest BCUT2D eigenvalue weighted by molar-refractivity contribution is 7.92. The molecule has 0 aliphatic carbocycles. The van der Waals surface area contributed by atoms with E-state index in [0.717, 1.165) is 5.56 Å². The van der Waals surface area contributed by atoms with Gasteiger partial charge in [0.15, 0.2) is 0 Å². The van der Waals surface area contributed by atoms with Gasteiger partial charge in [0.1, 0.15) is 11.5 Å². The van der Waals surface area contributed by atoms with Gasteiger partial charge in [0, 0.05) is 11.8 Å². The summed E-state index contributed by atoms with van der Waals surface area (Å²) in [7, 11) is -0.813. The van der Waals surface area contributed by atoms with Crippen LogP contribution >= 0.6 is 0 Å². The summed E-state index contributed by atoms with van der Waals surface area (Å²) >= 11 is 0. The molecule has 6 nitrogen and oxygen atoms in total. The summed E-state index contributed by atoms with van der Waals surface area (Å²) in [5.74, 6) is 0.909. The van der Waals surface area contributed by atoms with Crippen LogP contribution in [0.1, 0.15) is 5.56 Å². The van der Waals surface area contributed by atoms with Crippen molar-refractivity contribution in [1.29, 1.82) is 0 Å². The van der Waals surface area contributed by atoms with Crippen LogP contribution in [0.2, 0.25) is 0 Å². The Morgan fingerprint density at radius 2 is 1.77 bits per heavy atom. The molecule has 0 atom stereocenters. The van der Waals surface area contributed by atoms with Gasteiger partial charge in [-0.2, -0.15) is 0 Å². The highest BCUT2D eigenvalue weighted by atomic mass is 32.2. The highest BCUT2D eigenvalue weighted by Gasteiger charge is 2.18. The number of nitrogens with two attached hydrogens (primary N) is 1. The Morgan fingerprint density at radius 3 is 2.36 bits per heavy atom. The average Bonchev–Trinajstić information content (AvgIpc) is 2.49. The summed E-state index contributed by atoms with van der Waals surface area (Å²) < 4.78 is 37.7. The van der Waals surface area contributed by atoms with E-state index in [0.29, 0.717) is 22.9 Å². The SMILES string of the molecule is COc1ccc(OC)c(NS(=O)(=O)c2ccc(C)c(N)c2)c1. The van der Waals surface area contributed by atoms with Gasteiger partial charge in [0.2, 0.25) is 0 Å². The van der Waals surface area contributed by atoms with Crippen LogP contribution in [0.5, 0.6) is 11.5 Å². The van der Waals surface area contributed by atoms with Crippen molar-refractivity contribution in [3.05, 3.63) is 42.0 Å². The molecule has 7 heteroatoms. The highest BCUT2D eigenvalue weighted by Crippen LogP contribution is 2.31. The lowest BCUT2D eigenvalue weighted by Gasteiger charge is -2.13. The molecular weight excluding hydrogens is 304 g/mol. The molecule has 0 saturated carbocycles. The molecule has 3 N–H and O–H groups in total. The number of anilines is 2. The molecule has 0 heterocycles. The van der Waals surface area contributed by atoms with Crippen molar-refractivity contribution in [2.75, 3.05) is 24.7 Å². The average molecular weight is 322 g/mol. The molecule has 22 heavy (non-hydrogen) atoms. The Kier molecular flexibility index (Phi) is 4.46. The number of aryl methyl sites for hydroxylation is 1. The van der Waals surface area contributed by atoms with Crippen molar-refractivity contribution < 1.29 is 17.9 Å². The summed E-state index contributed by atoms with van der Waals surface area (Å²) in [6, 6.07) is 9.44. The third kappa shape index (κ3) is 3.25. The Morgan fingerprint density at radius 1 is 1.05 bits per heavy atom. The van der Waals surface area contributed by atoms with Crippen LogP contribution in [0.15, 0.2) is 41.3 Å². The predicted molar refractivity (Wildman–Crippen MR) is 85.9 cm³/mol. The van der Waals surface area contributed by atoms with Crippen LogP contribution < -0.4 is 19.9 Å². The smallest absolute Gasteiger partial charge is 0.262 e. The molecule has 2 rings (SSSR count). The molecule has 0 aromatic heterocycles. The molecule has 2 aromatic rings. The second-order valence-electron chi connectivity index (χ2n) is 4.69. The quantitative estimate of drug-likeness (QED) is 0.825. The second-order valence-corrected chi connectivity index (χ2v) is 6.37. The van der Waals surface area contributed by atoms with E-state index >= 15 is 0 Å². The van der Waals surface area contributed by atoms with Crippen molar-refractivity contribution >= 4 is 21.4 Å². The van der Waals surface area contributed by atoms with Crippen LogP contribution in [0.25, 0.3) is 0 Å². The van der Waals surface area contributed by atoms with Crippen molar-refractivity contribution in [2.24, 2.45) is 0 Å². The second kappa shape index (κ2) is 6.15. The minimum Gasteiger partial charge on any atom is -0.497 e. The molecule has 0 aliphatic heterocycles. The van der Waals surface area contributed by atoms with Crippen molar-refractivity contribution in [1.82, 2.24) is 0 Å². The third-order valence-corrected chi connectivity index (χ3v) is 4.58. The summed E-state index contributed by atoms with van der Waals surface area (Å²) in [6.45, 7) is 1.81. The van der Waals surface area contributed by atoms with E-state index < -0.39 is 10.0 Å². The van der Waals surface area contributed by atoms with Gasteiger partial charge in [0.05, 0.1) is 24.8 Å². The summed E-state index contributed by atoms with van der Waals surface area (Å²) in [5.41, 5.74) is 7.30. The van der Waals surface area contributed by atoms with E-state index in [9.17, 15) is 8.42 Å². The van der Waals surface area contributed by atoms with Gasteiger partial charge in [-0.1, -0.05) is 6.07 Å². The van der Waals surface area contributed by atoms with Crippen molar-refractivity contribution in [2.45, 2.75) is 11.8 Å². The number of benzene rings is 2. The number of methoxy groups -OCH3 is 2. The maximum absolute atomic E-state index is 12.5. The van der Waals surface area contributed by atoms with Gasteiger partial charge in [-0.05, 0) is 36.8 Å². The summed E-state index contributed by atoms with van der Waals surface area (Å²) in [4.78, 5) is 0.0838. The zero-order valence-corrected chi connectivity index (χ0v) is 13.4. The van der Waals surface area contributed by atoms with E-state index in [1.54, 1.807) is 24.3 Å². The largest absolute Gasteiger partial charge is 0.497 e. The molecule has 0 radical (unpaired) electrons. The fourth-order valence-corrected chi connectivity index (χ4v) is 2.98. The number of hydrogen-bond donors (Lipinski definition) is 2. The minimum absolute atomic E-state index is 0.0838. The lowest BCUT2D eigenvalue weighted by molar-refractivity contribution is 0.405. The van der Waals surface area contributed by atoms with Crippen LogP contribution in [0, 0.1) is 6.92 Å². The summed E-state index contributed by atoms with van der Waals surface area (Å²) in [6.07, 6.45) is 0. The van der Waals surface area contributed by atoms with E-state index in [4.69, 9.17) is 15.2 Å². The van der Waals surface area contributed by atoms with E-state index in [1.807, 2.05) is 6.92 Å². The first-order chi connectivity index (χ1) is 10.4. The van der Waals surface area contributed by atoms with Crippen LogP contribution in [0.4, 0.5) is 11.4 Å². The number of ether oxygens (including phenoxy) is 2. The Balaban J connectivity index is 2.41. The lowest BCUT2D eigenvalue weighted by Crippen LogP contribution is -2.14.